The van der Waals surface area contributed by atoms with E-state index < -0.39 is 0 Å². The van der Waals surface area contributed by atoms with Crippen LogP contribution >= 0.6 is 0 Å². The van der Waals surface area contributed by atoms with Crippen LogP contribution in [-0.4, -0.2) is 26.7 Å². The molecular formula is C16H22N4O2. The third-order valence-corrected chi connectivity index (χ3v) is 4.37. The van der Waals surface area contributed by atoms with Gasteiger partial charge in [-0.05, 0) is 34.1 Å². The molecule has 0 unspecified atom stereocenters. The summed E-state index contributed by atoms with van der Waals surface area (Å²) in [5.74, 6) is 1.61. The zero-order chi connectivity index (χ0) is 15.9. The molecular weight excluding hydrogens is 280 g/mol. The van der Waals surface area contributed by atoms with Crippen molar-refractivity contribution < 1.29 is 9.32 Å². The topological polar surface area (TPSA) is 73.0 Å². The lowest BCUT2D eigenvalue weighted by Gasteiger charge is -2.26. The molecule has 3 heterocycles. The first kappa shape index (κ1) is 14.8. The molecule has 1 aliphatic rings. The molecule has 1 aliphatic heterocycles. The van der Waals surface area contributed by atoms with Crippen LogP contribution in [0.5, 0.6) is 0 Å². The van der Waals surface area contributed by atoms with Gasteiger partial charge in [0.1, 0.15) is 11.6 Å². The molecule has 2 atom stereocenters. The van der Waals surface area contributed by atoms with E-state index >= 15 is 0 Å². The summed E-state index contributed by atoms with van der Waals surface area (Å²) in [6.07, 6.45) is 3.88. The van der Waals surface area contributed by atoms with Crippen LogP contribution in [0.1, 0.15) is 47.8 Å². The number of imidazole rings is 1. The Morgan fingerprint density at radius 1 is 1.45 bits per heavy atom. The molecule has 0 saturated carbocycles. The van der Waals surface area contributed by atoms with Gasteiger partial charge in [-0.3, -0.25) is 4.79 Å². The van der Waals surface area contributed by atoms with E-state index in [4.69, 9.17) is 4.52 Å². The molecule has 6 nitrogen and oxygen atoms in total. The molecule has 118 valence electrons. The number of nitrogens with one attached hydrogen (secondary N) is 1. The number of hydrogen-bond acceptors (Lipinski definition) is 4. The molecule has 2 aromatic rings. The number of carbonyl (C=O) groups excluding carboxylic acids is 1. The van der Waals surface area contributed by atoms with Crippen LogP contribution < -0.4 is 5.32 Å². The first-order valence-electron chi connectivity index (χ1n) is 7.71. The molecule has 0 bridgehead atoms. The van der Waals surface area contributed by atoms with Gasteiger partial charge in [-0.1, -0.05) is 5.16 Å². The molecule has 0 saturated heterocycles. The van der Waals surface area contributed by atoms with Crippen molar-refractivity contribution in [1.82, 2.24) is 20.0 Å². The van der Waals surface area contributed by atoms with Crippen LogP contribution in [0.2, 0.25) is 0 Å². The van der Waals surface area contributed by atoms with Gasteiger partial charge in [-0.15, -0.1) is 0 Å². The van der Waals surface area contributed by atoms with Crippen molar-refractivity contribution in [2.45, 2.75) is 59.0 Å². The fourth-order valence-electron chi connectivity index (χ4n) is 3.27. The Morgan fingerprint density at radius 2 is 2.23 bits per heavy atom. The summed E-state index contributed by atoms with van der Waals surface area (Å²) in [4.78, 5) is 17.0. The highest BCUT2D eigenvalue weighted by Gasteiger charge is 2.26. The predicted molar refractivity (Wildman–Crippen MR) is 81.6 cm³/mol. The Labute approximate surface area is 129 Å². The van der Waals surface area contributed by atoms with E-state index in [1.54, 1.807) is 0 Å². The van der Waals surface area contributed by atoms with Crippen molar-refractivity contribution in [2.75, 3.05) is 0 Å². The summed E-state index contributed by atoms with van der Waals surface area (Å²) < 4.78 is 7.31. The minimum absolute atomic E-state index is 0.0275. The lowest BCUT2D eigenvalue weighted by molar-refractivity contribution is -0.123. The van der Waals surface area contributed by atoms with Gasteiger partial charge in [0.2, 0.25) is 5.91 Å². The van der Waals surface area contributed by atoms with Crippen LogP contribution in [0.25, 0.3) is 0 Å². The molecule has 3 rings (SSSR count). The van der Waals surface area contributed by atoms with Crippen LogP contribution in [-0.2, 0) is 17.8 Å². The number of nitrogens with zero attached hydrogens (tertiary/aromatic N) is 3. The molecule has 6 heteroatoms. The van der Waals surface area contributed by atoms with E-state index in [-0.39, 0.29) is 17.9 Å². The Bertz CT molecular complexity index is 682. The molecule has 1 N–H and O–H groups in total. The second-order valence-corrected chi connectivity index (χ2v) is 6.15. The minimum atomic E-state index is -0.253. The molecule has 22 heavy (non-hydrogen) atoms. The lowest BCUT2D eigenvalue weighted by Crippen LogP contribution is -2.42. The van der Waals surface area contributed by atoms with E-state index in [1.165, 1.54) is 0 Å². The van der Waals surface area contributed by atoms with E-state index in [1.807, 2.05) is 33.9 Å². The van der Waals surface area contributed by atoms with Crippen molar-refractivity contribution in [3.05, 3.63) is 34.7 Å². The van der Waals surface area contributed by atoms with Crippen LogP contribution in [0.15, 0.2) is 10.7 Å². The van der Waals surface area contributed by atoms with Crippen molar-refractivity contribution in [3.63, 3.8) is 0 Å². The highest BCUT2D eigenvalue weighted by Crippen LogP contribution is 2.24. The Morgan fingerprint density at radius 3 is 2.91 bits per heavy atom. The lowest BCUT2D eigenvalue weighted by atomic mass is 9.97. The summed E-state index contributed by atoms with van der Waals surface area (Å²) >= 11 is 0. The summed E-state index contributed by atoms with van der Waals surface area (Å²) in [5.41, 5.74) is 2.72. The SMILES string of the molecule is Cc1cn2c(n1)CC[C@@H](NC(=O)[C@H](C)c1c(C)noc1C)C2. The van der Waals surface area contributed by atoms with Crippen LogP contribution in [0, 0.1) is 20.8 Å². The van der Waals surface area contributed by atoms with Crippen molar-refractivity contribution in [3.8, 4) is 0 Å². The maximum Gasteiger partial charge on any atom is 0.227 e. The van der Waals surface area contributed by atoms with Gasteiger partial charge in [0.25, 0.3) is 0 Å². The van der Waals surface area contributed by atoms with Gasteiger partial charge in [0.15, 0.2) is 0 Å². The minimum Gasteiger partial charge on any atom is -0.361 e. The highest BCUT2D eigenvalue weighted by atomic mass is 16.5. The number of amides is 1. The van der Waals surface area contributed by atoms with Gasteiger partial charge < -0.3 is 14.4 Å². The second-order valence-electron chi connectivity index (χ2n) is 6.15. The molecule has 0 spiro atoms. The number of rotatable bonds is 3. The summed E-state index contributed by atoms with van der Waals surface area (Å²) in [5, 5.41) is 7.09. The van der Waals surface area contributed by atoms with Crippen molar-refractivity contribution >= 4 is 5.91 Å². The van der Waals surface area contributed by atoms with Crippen molar-refractivity contribution in [2.24, 2.45) is 0 Å². The average molecular weight is 302 g/mol. The van der Waals surface area contributed by atoms with Crippen LogP contribution in [0.3, 0.4) is 0 Å². The molecule has 0 fully saturated rings. The summed E-state index contributed by atoms with van der Waals surface area (Å²) in [7, 11) is 0. The molecule has 0 radical (unpaired) electrons. The van der Waals surface area contributed by atoms with Gasteiger partial charge in [-0.25, -0.2) is 4.98 Å². The van der Waals surface area contributed by atoms with E-state index in [2.05, 4.69) is 20.0 Å². The number of aryl methyl sites for hydroxylation is 4. The monoisotopic (exact) mass is 302 g/mol. The molecule has 2 aromatic heterocycles. The van der Waals surface area contributed by atoms with Gasteiger partial charge in [-0.2, -0.15) is 0 Å². The standard InChI is InChI=1S/C16H22N4O2/c1-9-7-20-8-13(5-6-14(20)17-9)18-16(21)10(2)15-11(3)19-22-12(15)4/h7,10,13H,5-6,8H2,1-4H3,(H,18,21)/t10-,13-/m1/s1. The molecule has 0 aromatic carbocycles. The highest BCUT2D eigenvalue weighted by molar-refractivity contribution is 5.84. The molecule has 0 aliphatic carbocycles. The number of hydrogen-bond donors (Lipinski definition) is 1. The van der Waals surface area contributed by atoms with Crippen molar-refractivity contribution in [1.29, 1.82) is 0 Å². The largest absolute Gasteiger partial charge is 0.361 e. The van der Waals surface area contributed by atoms with E-state index in [9.17, 15) is 4.79 Å². The predicted octanol–water partition coefficient (Wildman–Crippen LogP) is 2.03. The molecule has 1 amide bonds. The maximum atomic E-state index is 12.5. The fraction of sp³-hybridized carbons (Fsp3) is 0.562. The average Bonchev–Trinajstić information content (AvgIpc) is 2.99. The van der Waals surface area contributed by atoms with Gasteiger partial charge in [0.05, 0.1) is 17.3 Å². The maximum absolute atomic E-state index is 12.5. The van der Waals surface area contributed by atoms with E-state index in [0.29, 0.717) is 0 Å². The zero-order valence-corrected chi connectivity index (χ0v) is 13.5. The fourth-order valence-corrected chi connectivity index (χ4v) is 3.27. The summed E-state index contributed by atoms with van der Waals surface area (Å²) in [6.45, 7) is 8.41. The van der Waals surface area contributed by atoms with Gasteiger partial charge >= 0.3 is 0 Å². The number of fused-ring (bicyclic) bond motifs is 1. The van der Waals surface area contributed by atoms with E-state index in [0.717, 1.165) is 47.9 Å². The van der Waals surface area contributed by atoms with Crippen LogP contribution in [0.4, 0.5) is 0 Å². The zero-order valence-electron chi connectivity index (χ0n) is 13.5. The Hall–Kier alpha value is -2.11. The Balaban J connectivity index is 1.68. The Kier molecular flexibility index (Phi) is 3.76. The normalized spacial score (nSPS) is 18.8. The summed E-state index contributed by atoms with van der Waals surface area (Å²) in [6, 6.07) is 0.150. The first-order valence-corrected chi connectivity index (χ1v) is 7.71. The third kappa shape index (κ3) is 2.65. The smallest absolute Gasteiger partial charge is 0.227 e. The number of carbonyl (C=O) groups is 1. The quantitative estimate of drug-likeness (QED) is 0.941. The van der Waals surface area contributed by atoms with Gasteiger partial charge in [0, 0.05) is 30.8 Å². The number of aromatic nitrogens is 3. The third-order valence-electron chi connectivity index (χ3n) is 4.37. The second kappa shape index (κ2) is 5.59. The first-order chi connectivity index (χ1) is 10.5.